The number of nitrogens with one attached hydrogen (secondary N) is 2. The molecule has 0 spiro atoms. The molecule has 5 nitrogen and oxygen atoms in total. The van der Waals surface area contributed by atoms with E-state index in [4.69, 9.17) is 4.42 Å². The summed E-state index contributed by atoms with van der Waals surface area (Å²) < 4.78 is 5.46. The fourth-order valence-corrected chi connectivity index (χ4v) is 4.17. The van der Waals surface area contributed by atoms with Gasteiger partial charge in [0.1, 0.15) is 4.88 Å². The Morgan fingerprint density at radius 3 is 2.71 bits per heavy atom. The Labute approximate surface area is 180 Å². The van der Waals surface area contributed by atoms with E-state index < -0.39 is 0 Å². The average molecular weight is 440 g/mol. The summed E-state index contributed by atoms with van der Waals surface area (Å²) in [5, 5.41) is 7.15. The summed E-state index contributed by atoms with van der Waals surface area (Å²) in [6.07, 6.45) is 3.81. The Morgan fingerprint density at radius 1 is 1.21 bits per heavy atom. The first-order chi connectivity index (χ1) is 12.8. The van der Waals surface area contributed by atoms with Crippen LogP contribution in [0.25, 0.3) is 22.0 Å². The molecule has 1 fully saturated rings. The van der Waals surface area contributed by atoms with Gasteiger partial charge in [0.25, 0.3) is 5.91 Å². The Morgan fingerprint density at radius 2 is 2.04 bits per heavy atom. The third kappa shape index (κ3) is 5.14. The second-order valence-electron chi connectivity index (χ2n) is 6.44. The summed E-state index contributed by atoms with van der Waals surface area (Å²) in [4.78, 5) is 18.1. The minimum atomic E-state index is -0.0647. The molecular weight excluding hydrogens is 417 g/mol. The number of halogens is 2. The molecule has 1 unspecified atom stereocenters. The zero-order chi connectivity index (χ0) is 17.8. The van der Waals surface area contributed by atoms with Crippen molar-refractivity contribution in [2.75, 3.05) is 19.6 Å². The molecule has 3 aromatic rings. The zero-order valence-corrected chi connectivity index (χ0v) is 17.7. The van der Waals surface area contributed by atoms with Crippen LogP contribution in [0.5, 0.6) is 0 Å². The molecule has 1 saturated heterocycles. The van der Waals surface area contributed by atoms with Crippen LogP contribution in [0.15, 0.2) is 53.1 Å². The zero-order valence-electron chi connectivity index (χ0n) is 15.2. The van der Waals surface area contributed by atoms with Gasteiger partial charge in [-0.25, -0.2) is 4.98 Å². The van der Waals surface area contributed by atoms with Crippen molar-refractivity contribution in [3.05, 3.63) is 53.6 Å². The van der Waals surface area contributed by atoms with E-state index in [1.165, 1.54) is 17.8 Å². The first kappa shape index (κ1) is 22.4. The number of rotatable bonds is 6. The van der Waals surface area contributed by atoms with Crippen LogP contribution in [0.1, 0.15) is 22.5 Å². The molecule has 4 rings (SSSR count). The van der Waals surface area contributed by atoms with Gasteiger partial charge in [-0.05, 0) is 44.0 Å². The third-order valence-corrected chi connectivity index (χ3v) is 5.68. The van der Waals surface area contributed by atoms with Gasteiger partial charge < -0.3 is 15.1 Å². The normalized spacial score (nSPS) is 15.5. The molecule has 8 heteroatoms. The summed E-state index contributed by atoms with van der Waals surface area (Å²) in [5.41, 5.74) is 1.65. The molecule has 0 bridgehead atoms. The lowest BCUT2D eigenvalue weighted by atomic mass is 10.1. The van der Waals surface area contributed by atoms with Gasteiger partial charge in [-0.2, -0.15) is 0 Å². The van der Waals surface area contributed by atoms with Crippen molar-refractivity contribution in [3.63, 3.8) is 0 Å². The van der Waals surface area contributed by atoms with Crippen LogP contribution in [0.4, 0.5) is 0 Å². The lowest BCUT2D eigenvalue weighted by molar-refractivity contribution is 0.0956. The van der Waals surface area contributed by atoms with E-state index in [2.05, 4.69) is 15.6 Å². The van der Waals surface area contributed by atoms with Crippen molar-refractivity contribution in [2.45, 2.75) is 12.8 Å². The second kappa shape index (κ2) is 10.6. The molecule has 2 aromatic heterocycles. The van der Waals surface area contributed by atoms with Crippen LogP contribution >= 0.6 is 36.2 Å². The molecule has 2 N–H and O–H groups in total. The second-order valence-corrected chi connectivity index (χ2v) is 7.44. The van der Waals surface area contributed by atoms with Crippen LogP contribution < -0.4 is 10.6 Å². The van der Waals surface area contributed by atoms with Gasteiger partial charge in [-0.15, -0.1) is 36.2 Å². The summed E-state index contributed by atoms with van der Waals surface area (Å²) in [6.45, 7) is 2.82. The Balaban J connectivity index is 0.00000140. The molecule has 0 radical (unpaired) electrons. The summed E-state index contributed by atoms with van der Waals surface area (Å²) in [5.74, 6) is 1.28. The molecule has 1 amide bonds. The predicted octanol–water partition coefficient (Wildman–Crippen LogP) is 4.64. The molecule has 0 aliphatic carbocycles. The number of thiazole rings is 1. The van der Waals surface area contributed by atoms with Gasteiger partial charge >= 0.3 is 0 Å². The van der Waals surface area contributed by atoms with E-state index >= 15 is 0 Å². The number of nitrogens with zero attached hydrogens (tertiary/aromatic N) is 1. The van der Waals surface area contributed by atoms with E-state index in [9.17, 15) is 4.79 Å². The Hall–Kier alpha value is -1.86. The topological polar surface area (TPSA) is 67.2 Å². The number of furan rings is 1. The number of carbonyl (C=O) groups is 1. The van der Waals surface area contributed by atoms with Crippen molar-refractivity contribution < 1.29 is 9.21 Å². The monoisotopic (exact) mass is 439 g/mol. The SMILES string of the molecule is Cl.Cl.O=C(NCCC1CCNC1)c1sc(-c2ccco2)nc1-c1ccccc1. The highest BCUT2D eigenvalue weighted by atomic mass is 35.5. The lowest BCUT2D eigenvalue weighted by Crippen LogP contribution is -2.26. The Bertz CT molecular complexity index is 863. The third-order valence-electron chi connectivity index (χ3n) is 4.61. The first-order valence-electron chi connectivity index (χ1n) is 8.90. The van der Waals surface area contributed by atoms with Gasteiger partial charge in [-0.3, -0.25) is 4.79 Å². The number of aromatic nitrogens is 1. The minimum Gasteiger partial charge on any atom is -0.462 e. The highest BCUT2D eigenvalue weighted by molar-refractivity contribution is 7.17. The fraction of sp³-hybridized carbons (Fsp3) is 0.300. The van der Waals surface area contributed by atoms with E-state index in [0.29, 0.717) is 28.8 Å². The molecule has 1 aliphatic rings. The standard InChI is InChI=1S/C20H21N3O2S.2ClH/c24-19(22-11-9-14-8-10-21-13-14)18-17(15-5-2-1-3-6-15)23-20(26-18)16-7-4-12-25-16;;/h1-7,12,14,21H,8-11,13H2,(H,22,24);2*1H. The van der Waals surface area contributed by atoms with Crippen molar-refractivity contribution in [2.24, 2.45) is 5.92 Å². The van der Waals surface area contributed by atoms with E-state index in [1.807, 2.05) is 42.5 Å². The van der Waals surface area contributed by atoms with Crippen molar-refractivity contribution in [1.82, 2.24) is 15.6 Å². The molecule has 1 aliphatic heterocycles. The van der Waals surface area contributed by atoms with Gasteiger partial charge in [0.2, 0.25) is 0 Å². The molecule has 1 aromatic carbocycles. The molecule has 1 atom stereocenters. The number of amides is 1. The number of hydrogen-bond acceptors (Lipinski definition) is 5. The van der Waals surface area contributed by atoms with Crippen molar-refractivity contribution in [3.8, 4) is 22.0 Å². The van der Waals surface area contributed by atoms with Crippen LogP contribution in [-0.4, -0.2) is 30.5 Å². The smallest absolute Gasteiger partial charge is 0.263 e. The maximum absolute atomic E-state index is 12.8. The van der Waals surface area contributed by atoms with Crippen LogP contribution in [0.3, 0.4) is 0 Å². The predicted molar refractivity (Wildman–Crippen MR) is 118 cm³/mol. The minimum absolute atomic E-state index is 0. The first-order valence-corrected chi connectivity index (χ1v) is 9.72. The molecule has 3 heterocycles. The number of carbonyl (C=O) groups excluding carboxylic acids is 1. The van der Waals surface area contributed by atoms with Gasteiger partial charge in [0.15, 0.2) is 10.8 Å². The van der Waals surface area contributed by atoms with Crippen LogP contribution in [0, 0.1) is 5.92 Å². The molecular formula is C20H23Cl2N3O2S. The largest absolute Gasteiger partial charge is 0.462 e. The molecule has 150 valence electrons. The maximum Gasteiger partial charge on any atom is 0.263 e. The van der Waals surface area contributed by atoms with Gasteiger partial charge in [0.05, 0.1) is 12.0 Å². The lowest BCUT2D eigenvalue weighted by Gasteiger charge is -2.09. The summed E-state index contributed by atoms with van der Waals surface area (Å²) in [7, 11) is 0. The van der Waals surface area contributed by atoms with Crippen molar-refractivity contribution >= 4 is 42.1 Å². The highest BCUT2D eigenvalue weighted by Gasteiger charge is 2.21. The van der Waals surface area contributed by atoms with E-state index in [-0.39, 0.29) is 30.7 Å². The van der Waals surface area contributed by atoms with E-state index in [0.717, 1.165) is 30.1 Å². The van der Waals surface area contributed by atoms with Gasteiger partial charge in [-0.1, -0.05) is 30.3 Å². The van der Waals surface area contributed by atoms with E-state index in [1.54, 1.807) is 6.26 Å². The maximum atomic E-state index is 12.8. The van der Waals surface area contributed by atoms with Crippen molar-refractivity contribution in [1.29, 1.82) is 0 Å². The fourth-order valence-electron chi connectivity index (χ4n) is 3.20. The number of hydrogen-bond donors (Lipinski definition) is 2. The summed E-state index contributed by atoms with van der Waals surface area (Å²) in [6, 6.07) is 13.5. The Kier molecular flexibility index (Phi) is 8.51. The highest BCUT2D eigenvalue weighted by Crippen LogP contribution is 2.34. The van der Waals surface area contributed by atoms with Crippen LogP contribution in [-0.2, 0) is 0 Å². The van der Waals surface area contributed by atoms with Crippen LogP contribution in [0.2, 0.25) is 0 Å². The number of benzene rings is 1. The molecule has 28 heavy (non-hydrogen) atoms. The molecule has 0 saturated carbocycles. The van der Waals surface area contributed by atoms with Gasteiger partial charge in [0, 0.05) is 12.1 Å². The summed E-state index contributed by atoms with van der Waals surface area (Å²) >= 11 is 1.37. The average Bonchev–Trinajstić information content (AvgIpc) is 3.42. The quantitative estimate of drug-likeness (QED) is 0.586.